The van der Waals surface area contributed by atoms with Crippen molar-refractivity contribution < 1.29 is 61.5 Å². The van der Waals surface area contributed by atoms with Crippen LogP contribution in [0.4, 0.5) is 10.1 Å². The number of carbonyl (C=O) groups excluding carboxylic acids is 5. The lowest BCUT2D eigenvalue weighted by Gasteiger charge is -2.53. The van der Waals surface area contributed by atoms with Crippen LogP contribution in [-0.2, 0) is 58.9 Å². The maximum absolute atomic E-state index is 14.6. The van der Waals surface area contributed by atoms with Gasteiger partial charge in [0.1, 0.15) is 54.5 Å². The predicted octanol–water partition coefficient (Wildman–Crippen LogP) is 8.40. The summed E-state index contributed by atoms with van der Waals surface area (Å²) in [6.45, 7) is 10.8. The standard InChI is InChI=1S/C56H57FN2O12/c1-29(2)46-45(50(63)58-34-14-10-7-11-15-34)44(31-12-8-6-9-13-31)47(32-16-18-33(57)19-17-32)59(46)23-21-35-24-36(25-41(60)66-35)67-42(61)27-43(62)68-52-54(30(3)4)48(70-54)49-56(71-49)53(5)22-20-37-38(28-65-51(37)64)39(53)26-40-55(52,56)69-40/h6-19,29-30,35-36,39-40,48-49,52H,20-28H2,1-5H3,(H,58,63). The highest BCUT2D eigenvalue weighted by atomic mass is 19.1. The normalized spacial score (nSPS) is 33.6. The second-order valence-corrected chi connectivity index (χ2v) is 21.5. The average molecular weight is 969 g/mol. The molecular formula is C56H57FN2O12. The SMILES string of the molecule is CC(C)c1c(C(=O)Nc2ccccc2)c(-c2ccccc2)c(-c2ccc(F)cc2)n1CCC1CC(OC(=O)CC(=O)OC2C3(C(C)C)OC3C3OC34C3(C)CCC5=C(COC5=O)C3CC3OC324)CC(=O)O1. The lowest BCUT2D eigenvalue weighted by molar-refractivity contribution is -0.177. The van der Waals surface area contributed by atoms with Gasteiger partial charge < -0.3 is 43.0 Å². The summed E-state index contributed by atoms with van der Waals surface area (Å²) >= 11 is 0. The molecule has 4 aromatic rings. The van der Waals surface area contributed by atoms with E-state index in [1.807, 2.05) is 88.4 Å². The first kappa shape index (κ1) is 45.9. The molecule has 3 aromatic carbocycles. The van der Waals surface area contributed by atoms with Crippen molar-refractivity contribution in [2.75, 3.05) is 11.9 Å². The third-order valence-electron chi connectivity index (χ3n) is 17.1. The zero-order valence-electron chi connectivity index (χ0n) is 40.4. The summed E-state index contributed by atoms with van der Waals surface area (Å²) in [6, 6.07) is 25.0. The number of halogens is 1. The molecule has 8 aliphatic rings. The van der Waals surface area contributed by atoms with Gasteiger partial charge in [0.25, 0.3) is 5.91 Å². The number of para-hydroxylation sites is 1. The Morgan fingerprint density at radius 3 is 2.30 bits per heavy atom. The van der Waals surface area contributed by atoms with Crippen molar-refractivity contribution in [3.05, 3.63) is 113 Å². The molecule has 6 fully saturated rings. The second-order valence-electron chi connectivity index (χ2n) is 21.5. The van der Waals surface area contributed by atoms with Gasteiger partial charge in [0, 0.05) is 47.3 Å². The van der Waals surface area contributed by atoms with E-state index in [4.69, 9.17) is 33.2 Å². The van der Waals surface area contributed by atoms with Crippen LogP contribution in [0, 0.1) is 23.1 Å². The molecule has 1 aromatic heterocycles. The van der Waals surface area contributed by atoms with Gasteiger partial charge in [-0.2, -0.15) is 0 Å². The molecule has 2 saturated carbocycles. The second kappa shape index (κ2) is 16.4. The number of aromatic nitrogens is 1. The van der Waals surface area contributed by atoms with Crippen LogP contribution in [0.3, 0.4) is 0 Å². The highest BCUT2D eigenvalue weighted by molar-refractivity contribution is 6.12. The first-order valence-corrected chi connectivity index (χ1v) is 25.1. The number of fused-ring (bicyclic) bond motifs is 4. The Bertz CT molecular complexity index is 2920. The van der Waals surface area contributed by atoms with Gasteiger partial charge >= 0.3 is 23.9 Å². The summed E-state index contributed by atoms with van der Waals surface area (Å²) in [5.41, 5.74) is 3.38. The van der Waals surface area contributed by atoms with Crippen LogP contribution >= 0.6 is 0 Å². The predicted molar refractivity (Wildman–Crippen MR) is 253 cm³/mol. The van der Waals surface area contributed by atoms with E-state index in [1.54, 1.807) is 12.1 Å². The number of cyclic esters (lactones) is 2. The van der Waals surface area contributed by atoms with Gasteiger partial charge in [-0.05, 0) is 90.1 Å². The zero-order chi connectivity index (χ0) is 49.4. The molecule has 2 spiro atoms. The first-order valence-electron chi connectivity index (χ1n) is 25.1. The van der Waals surface area contributed by atoms with Crippen molar-refractivity contribution >= 4 is 35.5 Å². The van der Waals surface area contributed by atoms with Crippen LogP contribution in [0.25, 0.3) is 22.4 Å². The molecule has 3 aliphatic carbocycles. The van der Waals surface area contributed by atoms with Gasteiger partial charge in [-0.3, -0.25) is 19.2 Å². The Morgan fingerprint density at radius 2 is 1.58 bits per heavy atom. The zero-order valence-corrected chi connectivity index (χ0v) is 40.4. The van der Waals surface area contributed by atoms with Gasteiger partial charge in [0.05, 0.1) is 23.8 Å². The highest BCUT2D eigenvalue weighted by Gasteiger charge is 3.01. The third kappa shape index (κ3) is 6.85. The maximum Gasteiger partial charge on any atom is 0.334 e. The van der Waals surface area contributed by atoms with E-state index < -0.39 is 70.7 Å². The van der Waals surface area contributed by atoms with Gasteiger partial charge in [-0.25, -0.2) is 9.18 Å². The molecule has 1 N–H and O–H groups in total. The number of nitrogens with zero attached hydrogens (tertiary/aromatic N) is 1. The molecule has 370 valence electrons. The molecule has 1 amide bonds. The van der Waals surface area contributed by atoms with E-state index in [1.165, 1.54) is 12.1 Å². The molecule has 4 saturated heterocycles. The maximum atomic E-state index is 14.6. The van der Waals surface area contributed by atoms with Crippen LogP contribution in [-0.4, -0.2) is 94.4 Å². The Kier molecular flexibility index (Phi) is 10.6. The highest BCUT2D eigenvalue weighted by Crippen LogP contribution is 2.83. The largest absolute Gasteiger partial charge is 0.462 e. The Balaban J connectivity index is 0.775. The fraction of sp³-hybridized carbons (Fsp3) is 0.482. The summed E-state index contributed by atoms with van der Waals surface area (Å²) in [5, 5.41) is 3.09. The quantitative estimate of drug-likeness (QED) is 0.0587. The van der Waals surface area contributed by atoms with E-state index in [-0.39, 0.29) is 80.4 Å². The molecule has 12 rings (SSSR count). The number of hydrogen-bond donors (Lipinski definition) is 1. The van der Waals surface area contributed by atoms with Crippen molar-refractivity contribution in [2.45, 2.75) is 145 Å². The first-order chi connectivity index (χ1) is 34.1. The lowest BCUT2D eigenvalue weighted by Crippen LogP contribution is -2.70. The summed E-state index contributed by atoms with van der Waals surface area (Å²) in [6.07, 6.45) is -1.90. The molecule has 5 aliphatic heterocycles. The van der Waals surface area contributed by atoms with Crippen molar-refractivity contribution in [3.8, 4) is 22.4 Å². The summed E-state index contributed by atoms with van der Waals surface area (Å²) < 4.78 is 60.3. The number of epoxide rings is 3. The number of esters is 4. The van der Waals surface area contributed by atoms with Crippen molar-refractivity contribution in [1.82, 2.24) is 4.57 Å². The smallest absolute Gasteiger partial charge is 0.334 e. The van der Waals surface area contributed by atoms with E-state index in [0.29, 0.717) is 47.3 Å². The molecular weight excluding hydrogens is 912 g/mol. The van der Waals surface area contributed by atoms with E-state index >= 15 is 0 Å². The topological polar surface area (TPSA) is 177 Å². The number of benzene rings is 3. The minimum absolute atomic E-state index is 0.000911. The number of anilines is 1. The summed E-state index contributed by atoms with van der Waals surface area (Å²) in [7, 11) is 0. The number of carbonyl (C=O) groups is 5. The van der Waals surface area contributed by atoms with Crippen molar-refractivity contribution in [2.24, 2.45) is 17.3 Å². The molecule has 6 heterocycles. The van der Waals surface area contributed by atoms with Crippen LogP contribution in [0.1, 0.15) is 102 Å². The number of hydrogen-bond acceptors (Lipinski definition) is 12. The van der Waals surface area contributed by atoms with Gasteiger partial charge in [0.15, 0.2) is 11.7 Å². The summed E-state index contributed by atoms with van der Waals surface area (Å²) in [5.74, 6) is -3.38. The summed E-state index contributed by atoms with van der Waals surface area (Å²) in [4.78, 5) is 68.2. The minimum Gasteiger partial charge on any atom is -0.462 e. The minimum atomic E-state index is -0.984. The lowest BCUT2D eigenvalue weighted by atomic mass is 9.46. The van der Waals surface area contributed by atoms with Crippen molar-refractivity contribution in [3.63, 3.8) is 0 Å². The van der Waals surface area contributed by atoms with E-state index in [9.17, 15) is 28.4 Å². The van der Waals surface area contributed by atoms with Crippen LogP contribution in [0.5, 0.6) is 0 Å². The molecule has 14 nitrogen and oxygen atoms in total. The number of nitrogens with one attached hydrogen (secondary N) is 1. The van der Waals surface area contributed by atoms with Crippen LogP contribution < -0.4 is 5.32 Å². The van der Waals surface area contributed by atoms with Gasteiger partial charge in [-0.15, -0.1) is 0 Å². The number of amides is 1. The van der Waals surface area contributed by atoms with E-state index in [0.717, 1.165) is 22.4 Å². The monoisotopic (exact) mass is 968 g/mol. The fourth-order valence-electron chi connectivity index (χ4n) is 14.0. The van der Waals surface area contributed by atoms with Crippen LogP contribution in [0.15, 0.2) is 96.1 Å². The Hall–Kier alpha value is -6.16. The third-order valence-corrected chi connectivity index (χ3v) is 17.1. The molecule has 11 unspecified atom stereocenters. The molecule has 0 bridgehead atoms. The van der Waals surface area contributed by atoms with Gasteiger partial charge in [0.2, 0.25) is 0 Å². The molecule has 11 atom stereocenters. The van der Waals surface area contributed by atoms with E-state index in [2.05, 4.69) is 16.8 Å². The molecule has 0 radical (unpaired) electrons. The van der Waals surface area contributed by atoms with Crippen molar-refractivity contribution in [1.29, 1.82) is 0 Å². The molecule has 15 heteroatoms. The Labute approximate surface area is 410 Å². The molecule has 71 heavy (non-hydrogen) atoms. The number of rotatable bonds is 13. The van der Waals surface area contributed by atoms with Gasteiger partial charge in [-0.1, -0.05) is 83.1 Å². The Morgan fingerprint density at radius 1 is 0.859 bits per heavy atom. The van der Waals surface area contributed by atoms with Crippen LogP contribution in [0.2, 0.25) is 0 Å². The average Bonchev–Trinajstić information content (AvgIpc) is 4.29. The fourth-order valence-corrected chi connectivity index (χ4v) is 14.0. The number of ether oxygens (including phenoxy) is 7.